The standard InChI is InChI=1S/C13H18N4O2/c1-17-8-9(7-14-17)12-15-13(19-16-12)10-5-3-2-4-6-11(10)18/h7-8,10-11,18H,2-6H2,1H3. The van der Waals surface area contributed by atoms with Crippen molar-refractivity contribution in [3.8, 4) is 11.4 Å². The van der Waals surface area contributed by atoms with Gasteiger partial charge in [-0.05, 0) is 12.8 Å². The number of hydrogen-bond donors (Lipinski definition) is 1. The van der Waals surface area contributed by atoms with Gasteiger partial charge in [0, 0.05) is 13.2 Å². The Hall–Kier alpha value is -1.69. The predicted octanol–water partition coefficient (Wildman–Crippen LogP) is 1.88. The molecule has 2 aromatic heterocycles. The number of hydrogen-bond acceptors (Lipinski definition) is 5. The fourth-order valence-electron chi connectivity index (χ4n) is 2.62. The van der Waals surface area contributed by atoms with Gasteiger partial charge in [0.05, 0.1) is 23.8 Å². The Morgan fingerprint density at radius 3 is 2.95 bits per heavy atom. The third-order valence-corrected chi connectivity index (χ3v) is 3.70. The molecule has 2 unspecified atom stereocenters. The third-order valence-electron chi connectivity index (χ3n) is 3.70. The SMILES string of the molecule is Cn1cc(-c2noc(C3CCCCCC3O)n2)cn1. The summed E-state index contributed by atoms with van der Waals surface area (Å²) in [6.45, 7) is 0. The molecule has 3 rings (SSSR count). The number of aryl methyl sites for hydroxylation is 1. The van der Waals surface area contributed by atoms with Gasteiger partial charge in [-0.2, -0.15) is 10.1 Å². The first-order valence-corrected chi connectivity index (χ1v) is 6.75. The second-order valence-corrected chi connectivity index (χ2v) is 5.17. The highest BCUT2D eigenvalue weighted by Crippen LogP contribution is 2.31. The Bertz CT molecular complexity index is 548. The second-order valence-electron chi connectivity index (χ2n) is 5.17. The van der Waals surface area contributed by atoms with Gasteiger partial charge in [-0.25, -0.2) is 0 Å². The molecule has 2 aromatic rings. The van der Waals surface area contributed by atoms with E-state index in [0.29, 0.717) is 11.7 Å². The lowest BCUT2D eigenvalue weighted by Gasteiger charge is -2.15. The summed E-state index contributed by atoms with van der Waals surface area (Å²) >= 11 is 0. The smallest absolute Gasteiger partial charge is 0.232 e. The number of aliphatic hydroxyl groups is 1. The zero-order valence-electron chi connectivity index (χ0n) is 11.0. The summed E-state index contributed by atoms with van der Waals surface area (Å²) in [6.07, 6.45) is 8.25. The van der Waals surface area contributed by atoms with E-state index in [2.05, 4.69) is 15.2 Å². The molecule has 0 saturated heterocycles. The lowest BCUT2D eigenvalue weighted by Crippen LogP contribution is -2.17. The summed E-state index contributed by atoms with van der Waals surface area (Å²) in [5.41, 5.74) is 0.834. The maximum atomic E-state index is 10.1. The molecule has 1 saturated carbocycles. The van der Waals surface area contributed by atoms with Crippen molar-refractivity contribution >= 4 is 0 Å². The van der Waals surface area contributed by atoms with Crippen LogP contribution in [0, 0.1) is 0 Å². The topological polar surface area (TPSA) is 77.0 Å². The van der Waals surface area contributed by atoms with Gasteiger partial charge in [-0.1, -0.05) is 24.4 Å². The number of nitrogens with zero attached hydrogens (tertiary/aromatic N) is 4. The second kappa shape index (κ2) is 5.13. The van der Waals surface area contributed by atoms with Gasteiger partial charge in [0.1, 0.15) is 0 Å². The fourth-order valence-corrected chi connectivity index (χ4v) is 2.62. The van der Waals surface area contributed by atoms with Crippen LogP contribution in [0.4, 0.5) is 0 Å². The first-order chi connectivity index (χ1) is 9.24. The monoisotopic (exact) mass is 262 g/mol. The van der Waals surface area contributed by atoms with Crippen LogP contribution < -0.4 is 0 Å². The van der Waals surface area contributed by atoms with Gasteiger partial charge in [0.2, 0.25) is 11.7 Å². The van der Waals surface area contributed by atoms with Gasteiger partial charge >= 0.3 is 0 Å². The summed E-state index contributed by atoms with van der Waals surface area (Å²) in [4.78, 5) is 4.42. The lowest BCUT2D eigenvalue weighted by molar-refractivity contribution is 0.119. The van der Waals surface area contributed by atoms with Crippen LogP contribution in [-0.4, -0.2) is 31.1 Å². The molecule has 19 heavy (non-hydrogen) atoms. The molecule has 2 heterocycles. The van der Waals surface area contributed by atoms with Crippen LogP contribution in [0.1, 0.15) is 43.9 Å². The van der Waals surface area contributed by atoms with Crippen molar-refractivity contribution in [1.82, 2.24) is 19.9 Å². The predicted molar refractivity (Wildman–Crippen MR) is 68.3 cm³/mol. The van der Waals surface area contributed by atoms with Crippen molar-refractivity contribution in [1.29, 1.82) is 0 Å². The molecule has 1 aliphatic carbocycles. The Morgan fingerprint density at radius 1 is 1.32 bits per heavy atom. The van der Waals surface area contributed by atoms with E-state index in [-0.39, 0.29) is 12.0 Å². The highest BCUT2D eigenvalue weighted by molar-refractivity contribution is 5.51. The molecule has 6 heteroatoms. The molecule has 0 bridgehead atoms. The Balaban J connectivity index is 1.84. The van der Waals surface area contributed by atoms with E-state index in [9.17, 15) is 5.11 Å². The normalized spacial score (nSPS) is 24.3. The van der Waals surface area contributed by atoms with Gasteiger partial charge in [0.25, 0.3) is 0 Å². The van der Waals surface area contributed by atoms with Gasteiger partial charge < -0.3 is 9.63 Å². The van der Waals surface area contributed by atoms with E-state index in [1.807, 2.05) is 13.2 Å². The first kappa shape index (κ1) is 12.3. The summed E-state index contributed by atoms with van der Waals surface area (Å²) in [6, 6.07) is 0. The molecule has 2 atom stereocenters. The van der Waals surface area contributed by atoms with Gasteiger partial charge in [0.15, 0.2) is 0 Å². The van der Waals surface area contributed by atoms with E-state index in [1.165, 1.54) is 0 Å². The van der Waals surface area contributed by atoms with Gasteiger partial charge in [-0.15, -0.1) is 0 Å². The number of aromatic nitrogens is 4. The molecular formula is C13H18N4O2. The number of rotatable bonds is 2. The minimum Gasteiger partial charge on any atom is -0.392 e. The minimum atomic E-state index is -0.371. The zero-order valence-corrected chi connectivity index (χ0v) is 11.0. The average Bonchev–Trinajstić information content (AvgIpc) is 2.97. The van der Waals surface area contributed by atoms with E-state index in [0.717, 1.165) is 37.7 Å². The van der Waals surface area contributed by atoms with Crippen LogP contribution in [0.2, 0.25) is 0 Å². The Morgan fingerprint density at radius 2 is 2.16 bits per heavy atom. The van der Waals surface area contributed by atoms with Crippen molar-refractivity contribution < 1.29 is 9.63 Å². The molecular weight excluding hydrogens is 244 g/mol. The van der Waals surface area contributed by atoms with Crippen LogP contribution in [0.15, 0.2) is 16.9 Å². The average molecular weight is 262 g/mol. The van der Waals surface area contributed by atoms with Crippen LogP contribution >= 0.6 is 0 Å². The van der Waals surface area contributed by atoms with E-state index in [4.69, 9.17) is 4.52 Å². The molecule has 0 aliphatic heterocycles. The molecule has 1 fully saturated rings. The van der Waals surface area contributed by atoms with E-state index >= 15 is 0 Å². The Kier molecular flexibility index (Phi) is 3.33. The third kappa shape index (κ3) is 2.53. The van der Waals surface area contributed by atoms with Crippen LogP contribution in [0.5, 0.6) is 0 Å². The molecule has 0 radical (unpaired) electrons. The maximum Gasteiger partial charge on any atom is 0.232 e. The summed E-state index contributed by atoms with van der Waals surface area (Å²) in [5, 5.41) is 18.2. The molecule has 102 valence electrons. The van der Waals surface area contributed by atoms with E-state index < -0.39 is 0 Å². The fraction of sp³-hybridized carbons (Fsp3) is 0.615. The van der Waals surface area contributed by atoms with Crippen molar-refractivity contribution in [3.05, 3.63) is 18.3 Å². The van der Waals surface area contributed by atoms with Crippen molar-refractivity contribution in [2.45, 2.75) is 44.1 Å². The summed E-state index contributed by atoms with van der Waals surface area (Å²) < 4.78 is 7.04. The quantitative estimate of drug-likeness (QED) is 0.836. The molecule has 6 nitrogen and oxygen atoms in total. The summed E-state index contributed by atoms with van der Waals surface area (Å²) in [5.74, 6) is 1.06. The molecule has 0 aromatic carbocycles. The van der Waals surface area contributed by atoms with Crippen LogP contribution in [0.25, 0.3) is 11.4 Å². The molecule has 1 N–H and O–H groups in total. The Labute approximate surface area is 111 Å². The first-order valence-electron chi connectivity index (χ1n) is 6.75. The van der Waals surface area contributed by atoms with E-state index in [1.54, 1.807) is 10.9 Å². The summed E-state index contributed by atoms with van der Waals surface area (Å²) in [7, 11) is 1.85. The highest BCUT2D eigenvalue weighted by atomic mass is 16.5. The zero-order chi connectivity index (χ0) is 13.2. The van der Waals surface area contributed by atoms with Gasteiger partial charge in [-0.3, -0.25) is 4.68 Å². The highest BCUT2D eigenvalue weighted by Gasteiger charge is 2.28. The molecule has 0 amide bonds. The van der Waals surface area contributed by atoms with Crippen molar-refractivity contribution in [2.75, 3.05) is 0 Å². The lowest BCUT2D eigenvalue weighted by atomic mass is 9.97. The van der Waals surface area contributed by atoms with Crippen molar-refractivity contribution in [3.63, 3.8) is 0 Å². The van der Waals surface area contributed by atoms with Crippen molar-refractivity contribution in [2.24, 2.45) is 7.05 Å². The van der Waals surface area contributed by atoms with Crippen LogP contribution in [0.3, 0.4) is 0 Å². The minimum absolute atomic E-state index is 0.0274. The maximum absolute atomic E-state index is 10.1. The molecule has 1 aliphatic rings. The molecule has 0 spiro atoms. The number of aliphatic hydroxyl groups excluding tert-OH is 1. The van der Waals surface area contributed by atoms with Crippen LogP contribution in [-0.2, 0) is 7.05 Å². The largest absolute Gasteiger partial charge is 0.392 e.